The number of amides is 2. The van der Waals surface area contributed by atoms with Gasteiger partial charge in [-0.3, -0.25) is 9.59 Å². The van der Waals surface area contributed by atoms with E-state index in [9.17, 15) is 9.59 Å². The molecule has 1 saturated heterocycles. The van der Waals surface area contributed by atoms with Crippen LogP contribution in [-0.4, -0.2) is 46.7 Å². The minimum absolute atomic E-state index is 0.00325. The van der Waals surface area contributed by atoms with Crippen LogP contribution in [0.5, 0.6) is 0 Å². The first-order valence-electron chi connectivity index (χ1n) is 7.27. The topological polar surface area (TPSA) is 54.3 Å². The van der Waals surface area contributed by atoms with E-state index < -0.39 is 0 Å². The van der Waals surface area contributed by atoms with Gasteiger partial charge < -0.3 is 14.8 Å². The van der Waals surface area contributed by atoms with Crippen molar-refractivity contribution in [2.75, 3.05) is 19.3 Å². The average molecular weight is 317 g/mol. The summed E-state index contributed by atoms with van der Waals surface area (Å²) in [4.78, 5) is 26.6. The minimum Gasteiger partial charge on any atom is -0.349 e. The van der Waals surface area contributed by atoms with E-state index in [1.54, 1.807) is 11.9 Å². The van der Waals surface area contributed by atoms with Crippen LogP contribution in [-0.2, 0) is 16.6 Å². The molecular weight excluding hydrogens is 298 g/mol. The number of nitrogens with one attached hydrogen (secondary N) is 1. The van der Waals surface area contributed by atoms with Crippen molar-refractivity contribution in [1.29, 1.82) is 0 Å². The van der Waals surface area contributed by atoms with E-state index in [1.807, 2.05) is 25.4 Å². The van der Waals surface area contributed by atoms with E-state index in [0.717, 1.165) is 15.8 Å². The molecule has 2 amide bonds. The molecule has 1 aliphatic heterocycles. The summed E-state index contributed by atoms with van der Waals surface area (Å²) in [7, 11) is 3.76. The van der Waals surface area contributed by atoms with Crippen LogP contribution in [0.1, 0.15) is 6.42 Å². The second-order valence-electron chi connectivity index (χ2n) is 5.58. The summed E-state index contributed by atoms with van der Waals surface area (Å²) in [6, 6.07) is 7.77. The number of carbonyl (C=O) groups excluding carboxylic acids is 2. The number of likely N-dealkylation sites (tertiary alicyclic amines) is 1. The summed E-state index contributed by atoms with van der Waals surface area (Å²) >= 11 is 1.51. The van der Waals surface area contributed by atoms with Crippen LogP contribution in [0, 0.1) is 0 Å². The first kappa shape index (κ1) is 15.0. The Labute approximate surface area is 133 Å². The van der Waals surface area contributed by atoms with Crippen molar-refractivity contribution >= 4 is 34.5 Å². The third-order valence-electron chi connectivity index (χ3n) is 3.98. The van der Waals surface area contributed by atoms with Crippen LogP contribution in [0.3, 0.4) is 0 Å². The first-order chi connectivity index (χ1) is 10.6. The van der Waals surface area contributed by atoms with Gasteiger partial charge in [-0.25, -0.2) is 0 Å². The number of fused-ring (bicyclic) bond motifs is 1. The van der Waals surface area contributed by atoms with E-state index in [2.05, 4.69) is 22.0 Å². The molecule has 1 fully saturated rings. The van der Waals surface area contributed by atoms with E-state index in [1.165, 1.54) is 11.8 Å². The van der Waals surface area contributed by atoms with Gasteiger partial charge in [0.05, 0.1) is 5.75 Å². The molecule has 2 heterocycles. The Morgan fingerprint density at radius 3 is 2.86 bits per heavy atom. The summed E-state index contributed by atoms with van der Waals surface area (Å²) in [6.07, 6.45) is 2.73. The number of aromatic nitrogens is 1. The quantitative estimate of drug-likeness (QED) is 0.872. The minimum atomic E-state index is -0.356. The number of likely N-dealkylation sites (N-methyl/N-ethyl adjacent to an activating group) is 1. The summed E-state index contributed by atoms with van der Waals surface area (Å²) < 4.78 is 2.06. The molecule has 116 valence electrons. The lowest BCUT2D eigenvalue weighted by atomic mass is 10.2. The number of aryl methyl sites for hydroxylation is 1. The Hall–Kier alpha value is -1.95. The predicted octanol–water partition coefficient (Wildman–Crippen LogP) is 1.62. The summed E-state index contributed by atoms with van der Waals surface area (Å²) in [5.41, 5.74) is 1.15. The molecule has 0 saturated carbocycles. The van der Waals surface area contributed by atoms with E-state index in [0.29, 0.717) is 18.7 Å². The molecule has 0 radical (unpaired) electrons. The van der Waals surface area contributed by atoms with Gasteiger partial charge in [-0.15, -0.1) is 11.8 Å². The zero-order valence-electron chi connectivity index (χ0n) is 12.7. The lowest BCUT2D eigenvalue weighted by molar-refractivity contribution is -0.131. The highest BCUT2D eigenvalue weighted by Gasteiger charge is 2.30. The average Bonchev–Trinajstić information content (AvgIpc) is 3.00. The van der Waals surface area contributed by atoms with Crippen molar-refractivity contribution in [3.05, 3.63) is 30.5 Å². The highest BCUT2D eigenvalue weighted by Crippen LogP contribution is 2.29. The van der Waals surface area contributed by atoms with E-state index >= 15 is 0 Å². The molecule has 1 aliphatic rings. The van der Waals surface area contributed by atoms with Gasteiger partial charge in [0, 0.05) is 42.6 Å². The van der Waals surface area contributed by atoms with Crippen molar-refractivity contribution in [1.82, 2.24) is 14.8 Å². The monoisotopic (exact) mass is 317 g/mol. The Balaban J connectivity index is 1.62. The molecule has 0 bridgehead atoms. The number of benzene rings is 1. The van der Waals surface area contributed by atoms with Crippen molar-refractivity contribution < 1.29 is 9.59 Å². The van der Waals surface area contributed by atoms with Gasteiger partial charge in [-0.1, -0.05) is 18.2 Å². The molecule has 1 N–H and O–H groups in total. The lowest BCUT2D eigenvalue weighted by Gasteiger charge is -2.11. The molecule has 1 atom stereocenters. The maximum absolute atomic E-state index is 12.1. The number of hydrogen-bond donors (Lipinski definition) is 1. The van der Waals surface area contributed by atoms with E-state index in [-0.39, 0.29) is 17.9 Å². The molecule has 22 heavy (non-hydrogen) atoms. The normalized spacial score (nSPS) is 18.2. The fraction of sp³-hybridized carbons (Fsp3) is 0.375. The molecule has 6 heteroatoms. The molecular formula is C16H19N3O2S. The first-order valence-corrected chi connectivity index (χ1v) is 8.26. The summed E-state index contributed by atoms with van der Waals surface area (Å²) in [5.74, 6) is 0.233. The molecule has 1 aromatic carbocycles. The van der Waals surface area contributed by atoms with Crippen molar-refractivity contribution in [2.45, 2.75) is 17.4 Å². The fourth-order valence-corrected chi connectivity index (χ4v) is 3.69. The molecule has 0 spiro atoms. The molecule has 5 nitrogen and oxygen atoms in total. The predicted molar refractivity (Wildman–Crippen MR) is 87.8 cm³/mol. The Morgan fingerprint density at radius 2 is 2.14 bits per heavy atom. The largest absolute Gasteiger partial charge is 0.349 e. The summed E-state index contributed by atoms with van der Waals surface area (Å²) in [6.45, 7) is 0.709. The molecule has 1 aromatic heterocycles. The van der Waals surface area contributed by atoms with Gasteiger partial charge in [0.2, 0.25) is 11.8 Å². The highest BCUT2D eigenvalue weighted by molar-refractivity contribution is 8.00. The third kappa shape index (κ3) is 2.83. The van der Waals surface area contributed by atoms with Gasteiger partial charge in [-0.05, 0) is 12.5 Å². The Bertz CT molecular complexity index is 725. The standard InChI is InChI=1S/C16H19N3O2S/c1-18-8-7-12(16(18)21)17-15(20)10-22-14-9-19(2)13-6-4-3-5-11(13)14/h3-6,9,12H,7-8,10H2,1-2H3,(H,17,20)/t12-/m0/s1. The molecule has 3 rings (SSSR count). The molecule has 2 aromatic rings. The van der Waals surface area contributed by atoms with Gasteiger partial charge in [-0.2, -0.15) is 0 Å². The van der Waals surface area contributed by atoms with Crippen LogP contribution in [0.4, 0.5) is 0 Å². The van der Waals surface area contributed by atoms with Crippen LogP contribution in [0.15, 0.2) is 35.4 Å². The molecule has 0 aliphatic carbocycles. The zero-order chi connectivity index (χ0) is 15.7. The number of thioether (sulfide) groups is 1. The zero-order valence-corrected chi connectivity index (χ0v) is 13.5. The van der Waals surface area contributed by atoms with Crippen molar-refractivity contribution in [3.8, 4) is 0 Å². The van der Waals surface area contributed by atoms with Crippen LogP contribution < -0.4 is 5.32 Å². The van der Waals surface area contributed by atoms with Crippen molar-refractivity contribution in [3.63, 3.8) is 0 Å². The lowest BCUT2D eigenvalue weighted by Crippen LogP contribution is -2.41. The maximum Gasteiger partial charge on any atom is 0.244 e. The smallest absolute Gasteiger partial charge is 0.244 e. The van der Waals surface area contributed by atoms with E-state index in [4.69, 9.17) is 0 Å². The third-order valence-corrected chi connectivity index (χ3v) is 5.02. The Kier molecular flexibility index (Phi) is 4.11. The highest BCUT2D eigenvalue weighted by atomic mass is 32.2. The fourth-order valence-electron chi connectivity index (χ4n) is 2.76. The van der Waals surface area contributed by atoms with Gasteiger partial charge in [0.25, 0.3) is 0 Å². The molecule has 0 unspecified atom stereocenters. The number of hydrogen-bond acceptors (Lipinski definition) is 3. The Morgan fingerprint density at radius 1 is 1.36 bits per heavy atom. The second-order valence-corrected chi connectivity index (χ2v) is 6.60. The number of nitrogens with zero attached hydrogens (tertiary/aromatic N) is 2. The van der Waals surface area contributed by atoms with Gasteiger partial charge in [0.15, 0.2) is 0 Å². The number of carbonyl (C=O) groups is 2. The van der Waals surface area contributed by atoms with Crippen LogP contribution in [0.25, 0.3) is 10.9 Å². The van der Waals surface area contributed by atoms with Crippen LogP contribution in [0.2, 0.25) is 0 Å². The maximum atomic E-state index is 12.1. The second kappa shape index (κ2) is 6.04. The SMILES string of the molecule is CN1CC[C@H](NC(=O)CSc2cn(C)c3ccccc23)C1=O. The van der Waals surface area contributed by atoms with Gasteiger partial charge >= 0.3 is 0 Å². The van der Waals surface area contributed by atoms with Crippen LogP contribution >= 0.6 is 11.8 Å². The van der Waals surface area contributed by atoms with Gasteiger partial charge in [0.1, 0.15) is 6.04 Å². The number of rotatable bonds is 4. The number of para-hydroxylation sites is 1. The van der Waals surface area contributed by atoms with Crippen molar-refractivity contribution in [2.24, 2.45) is 7.05 Å². The summed E-state index contributed by atoms with van der Waals surface area (Å²) in [5, 5.41) is 3.98.